The molecule has 29 heavy (non-hydrogen) atoms. The summed E-state index contributed by atoms with van der Waals surface area (Å²) in [5.74, 6) is 0.973. The minimum Gasteiger partial charge on any atom is -0.483 e. The average Bonchev–Trinajstić information content (AvgIpc) is 3.11. The van der Waals surface area contributed by atoms with E-state index in [-0.39, 0.29) is 24.5 Å². The number of nitrogens with zero attached hydrogens (tertiary/aromatic N) is 3. The highest BCUT2D eigenvalue weighted by atomic mass is 16.5. The van der Waals surface area contributed by atoms with Gasteiger partial charge in [0, 0.05) is 37.9 Å². The molecule has 0 aromatic carbocycles. The second-order valence-electron chi connectivity index (χ2n) is 8.18. The van der Waals surface area contributed by atoms with E-state index >= 15 is 0 Å². The minimum absolute atomic E-state index is 0.0850. The number of carbonyl (C=O) groups excluding carboxylic acids is 1. The fraction of sp³-hybridized carbons (Fsp3) is 0.667. The number of pyridine rings is 1. The maximum Gasteiger partial charge on any atom is 0.290 e. The Morgan fingerprint density at radius 2 is 1.79 bits per heavy atom. The molecule has 4 rings (SSSR count). The van der Waals surface area contributed by atoms with Crippen LogP contribution in [0.2, 0.25) is 0 Å². The summed E-state index contributed by atoms with van der Waals surface area (Å²) in [6.07, 6.45) is 1.47. The molecule has 1 saturated carbocycles. The number of aliphatic hydroxyl groups excluding tert-OH is 1. The van der Waals surface area contributed by atoms with Crippen molar-refractivity contribution in [2.75, 3.05) is 39.4 Å². The number of likely N-dealkylation sites (tertiary alicyclic amines) is 1. The summed E-state index contributed by atoms with van der Waals surface area (Å²) in [5, 5.41) is 17.6. The fourth-order valence-electron chi connectivity index (χ4n) is 4.96. The summed E-state index contributed by atoms with van der Waals surface area (Å²) < 4.78 is 5.45. The number of ether oxygens (including phenoxy) is 1. The third kappa shape index (κ3) is 4.94. The van der Waals surface area contributed by atoms with E-state index in [1.54, 1.807) is 0 Å². The van der Waals surface area contributed by atoms with Gasteiger partial charge >= 0.3 is 0 Å². The molecular formula is C21H31N3O5. The van der Waals surface area contributed by atoms with E-state index in [1.807, 2.05) is 30.9 Å². The lowest BCUT2D eigenvalue weighted by Gasteiger charge is -2.43. The summed E-state index contributed by atoms with van der Waals surface area (Å²) in [6.45, 7) is 8.45. The van der Waals surface area contributed by atoms with Crippen LogP contribution >= 0.6 is 0 Å². The van der Waals surface area contributed by atoms with Gasteiger partial charge in [0.1, 0.15) is 0 Å². The maximum atomic E-state index is 13.0. The Balaban J connectivity index is 0.000000755. The number of aliphatic hydroxyl groups is 1. The van der Waals surface area contributed by atoms with Gasteiger partial charge in [-0.1, -0.05) is 0 Å². The van der Waals surface area contributed by atoms with Gasteiger partial charge < -0.3 is 19.8 Å². The van der Waals surface area contributed by atoms with Crippen molar-refractivity contribution in [1.82, 2.24) is 14.8 Å². The molecule has 8 heteroatoms. The Morgan fingerprint density at radius 3 is 2.41 bits per heavy atom. The third-order valence-electron chi connectivity index (χ3n) is 6.37. The van der Waals surface area contributed by atoms with Crippen LogP contribution in [0, 0.1) is 25.7 Å². The van der Waals surface area contributed by atoms with Gasteiger partial charge in [0.15, 0.2) is 0 Å². The predicted molar refractivity (Wildman–Crippen MR) is 107 cm³/mol. The van der Waals surface area contributed by atoms with Crippen molar-refractivity contribution in [2.45, 2.75) is 38.8 Å². The first-order valence-corrected chi connectivity index (χ1v) is 10.3. The summed E-state index contributed by atoms with van der Waals surface area (Å²) in [7, 11) is 0. The number of aryl methyl sites for hydroxylation is 2. The molecule has 1 aromatic rings. The van der Waals surface area contributed by atoms with Crippen molar-refractivity contribution in [3.05, 3.63) is 29.1 Å². The number of hydrogen-bond donors (Lipinski definition) is 2. The van der Waals surface area contributed by atoms with Gasteiger partial charge in [-0.3, -0.25) is 19.5 Å². The molecule has 0 unspecified atom stereocenters. The number of carbonyl (C=O) groups is 2. The summed E-state index contributed by atoms with van der Waals surface area (Å²) in [5.41, 5.74) is 2.45. The number of fused-ring (bicyclic) bond motifs is 1. The van der Waals surface area contributed by atoms with Crippen LogP contribution in [0.25, 0.3) is 0 Å². The Morgan fingerprint density at radius 1 is 1.17 bits per heavy atom. The molecule has 1 aromatic heterocycles. The molecule has 2 N–H and O–H groups in total. The standard InChI is InChI=1S/C20H29N3O3.CH2O2/c1-13-3-4-17(14(2)21-13)20(25)23-11-15-9-18(19(24)10-16(15)12-23)22-5-7-26-8-6-22;2-1-3/h3-4,15-16,18-19,24H,5-12H2,1-2H3;1H,(H,2,3)/t15-,16+,18-,19-;/m1./s1. The highest BCUT2D eigenvalue weighted by molar-refractivity contribution is 5.95. The van der Waals surface area contributed by atoms with Gasteiger partial charge in [-0.15, -0.1) is 0 Å². The molecule has 1 aliphatic carbocycles. The lowest BCUT2D eigenvalue weighted by molar-refractivity contribution is -0.122. The SMILES string of the molecule is Cc1ccc(C(=O)N2C[C@H]3C[C@@H](N4CCOCC4)[C@H](O)C[C@H]3C2)c(C)n1.O=CO. The number of rotatable bonds is 2. The van der Waals surface area contributed by atoms with Crippen LogP contribution in [-0.4, -0.2) is 88.9 Å². The Labute approximate surface area is 171 Å². The lowest BCUT2D eigenvalue weighted by Crippen LogP contribution is -2.53. The van der Waals surface area contributed by atoms with Crippen molar-refractivity contribution in [3.8, 4) is 0 Å². The first-order chi connectivity index (χ1) is 13.9. The maximum absolute atomic E-state index is 13.0. The molecule has 0 radical (unpaired) electrons. The van der Waals surface area contributed by atoms with E-state index in [0.717, 1.165) is 63.6 Å². The largest absolute Gasteiger partial charge is 0.483 e. The number of aromatic nitrogens is 1. The molecule has 3 fully saturated rings. The van der Waals surface area contributed by atoms with Crippen molar-refractivity contribution in [2.24, 2.45) is 11.8 Å². The monoisotopic (exact) mass is 405 g/mol. The molecular weight excluding hydrogens is 374 g/mol. The van der Waals surface area contributed by atoms with E-state index < -0.39 is 0 Å². The van der Waals surface area contributed by atoms with E-state index in [1.165, 1.54) is 0 Å². The number of hydrogen-bond acceptors (Lipinski definition) is 6. The molecule has 0 bridgehead atoms. The van der Waals surface area contributed by atoms with Gasteiger partial charge in [0.25, 0.3) is 12.4 Å². The average molecular weight is 405 g/mol. The van der Waals surface area contributed by atoms with Crippen molar-refractivity contribution >= 4 is 12.4 Å². The molecule has 3 heterocycles. The van der Waals surface area contributed by atoms with Crippen molar-refractivity contribution < 1.29 is 24.5 Å². The van der Waals surface area contributed by atoms with Crippen LogP contribution in [0.3, 0.4) is 0 Å². The zero-order chi connectivity index (χ0) is 21.0. The molecule has 3 aliphatic rings. The second kappa shape index (κ2) is 9.65. The zero-order valence-electron chi connectivity index (χ0n) is 17.2. The number of carboxylic acid groups (broad SMARTS) is 1. The van der Waals surface area contributed by atoms with Crippen LogP contribution < -0.4 is 0 Å². The van der Waals surface area contributed by atoms with Gasteiger partial charge in [-0.2, -0.15) is 0 Å². The number of morpholine rings is 1. The Kier molecular flexibility index (Phi) is 7.21. The molecule has 1 amide bonds. The highest BCUT2D eigenvalue weighted by Crippen LogP contribution is 2.39. The molecule has 0 spiro atoms. The van der Waals surface area contributed by atoms with Crippen molar-refractivity contribution in [3.63, 3.8) is 0 Å². The zero-order valence-corrected chi connectivity index (χ0v) is 17.2. The lowest BCUT2D eigenvalue weighted by atomic mass is 9.77. The van der Waals surface area contributed by atoms with Crippen LogP contribution in [0.4, 0.5) is 0 Å². The summed E-state index contributed by atoms with van der Waals surface area (Å²) in [6, 6.07) is 4.01. The topological polar surface area (TPSA) is 103 Å². The fourth-order valence-corrected chi connectivity index (χ4v) is 4.96. The van der Waals surface area contributed by atoms with Crippen LogP contribution in [0.15, 0.2) is 12.1 Å². The first kappa shape index (κ1) is 21.7. The van der Waals surface area contributed by atoms with Gasteiger partial charge in [0.05, 0.1) is 30.6 Å². The first-order valence-electron chi connectivity index (χ1n) is 10.3. The second-order valence-corrected chi connectivity index (χ2v) is 8.18. The molecule has 4 atom stereocenters. The minimum atomic E-state index is -0.299. The molecule has 2 aliphatic heterocycles. The van der Waals surface area contributed by atoms with E-state index in [2.05, 4.69) is 9.88 Å². The summed E-state index contributed by atoms with van der Waals surface area (Å²) >= 11 is 0. The molecule has 8 nitrogen and oxygen atoms in total. The van der Waals surface area contributed by atoms with Gasteiger partial charge in [0.2, 0.25) is 0 Å². The highest BCUT2D eigenvalue weighted by Gasteiger charge is 2.45. The van der Waals surface area contributed by atoms with Crippen LogP contribution in [0.1, 0.15) is 34.6 Å². The van der Waals surface area contributed by atoms with E-state index in [0.29, 0.717) is 17.4 Å². The van der Waals surface area contributed by atoms with Crippen molar-refractivity contribution in [1.29, 1.82) is 0 Å². The van der Waals surface area contributed by atoms with Crippen LogP contribution in [-0.2, 0) is 9.53 Å². The predicted octanol–water partition coefficient (Wildman–Crippen LogP) is 0.943. The van der Waals surface area contributed by atoms with Gasteiger partial charge in [-0.25, -0.2) is 0 Å². The molecule has 2 saturated heterocycles. The normalized spacial score (nSPS) is 29.6. The third-order valence-corrected chi connectivity index (χ3v) is 6.37. The van der Waals surface area contributed by atoms with Gasteiger partial charge in [-0.05, 0) is 50.7 Å². The summed E-state index contributed by atoms with van der Waals surface area (Å²) in [4.78, 5) is 30.1. The quantitative estimate of drug-likeness (QED) is 0.706. The van der Waals surface area contributed by atoms with E-state index in [9.17, 15) is 9.90 Å². The Hall–Kier alpha value is -2.03. The smallest absolute Gasteiger partial charge is 0.290 e. The van der Waals surface area contributed by atoms with E-state index in [4.69, 9.17) is 14.6 Å². The molecule has 160 valence electrons. The van der Waals surface area contributed by atoms with Crippen LogP contribution in [0.5, 0.6) is 0 Å². The number of amides is 1. The Bertz CT molecular complexity index is 722.